The Balaban J connectivity index is 1.69. The van der Waals surface area contributed by atoms with Crippen molar-refractivity contribution < 1.29 is 4.79 Å². The fraction of sp³-hybridized carbons (Fsp3) is 0.100. The molecule has 1 aromatic heterocycles. The molecule has 0 saturated heterocycles. The summed E-state index contributed by atoms with van der Waals surface area (Å²) in [6, 6.07) is 17.1. The van der Waals surface area contributed by atoms with Crippen LogP contribution in [0.2, 0.25) is 0 Å². The molecule has 0 bridgehead atoms. The Morgan fingerprint density at radius 3 is 2.48 bits per heavy atom. The van der Waals surface area contributed by atoms with E-state index < -0.39 is 0 Å². The number of aromatic nitrogens is 1. The summed E-state index contributed by atoms with van der Waals surface area (Å²) >= 11 is 3.49. The highest BCUT2D eigenvalue weighted by atomic mass is 79.9. The van der Waals surface area contributed by atoms with E-state index in [4.69, 9.17) is 0 Å². The smallest absolute Gasteiger partial charge is 0.255 e. The highest BCUT2D eigenvalue weighted by molar-refractivity contribution is 9.10. The van der Waals surface area contributed by atoms with Crippen molar-refractivity contribution in [2.24, 2.45) is 0 Å². The molecule has 5 heteroatoms. The van der Waals surface area contributed by atoms with Gasteiger partial charge in [0.15, 0.2) is 0 Å². The summed E-state index contributed by atoms with van der Waals surface area (Å²) in [5.74, 6) is 0.562. The van der Waals surface area contributed by atoms with Crippen LogP contribution in [0.1, 0.15) is 21.5 Å². The third-order valence-corrected chi connectivity index (χ3v) is 4.62. The fourth-order valence-electron chi connectivity index (χ4n) is 2.33. The number of halogens is 1. The van der Waals surface area contributed by atoms with Gasteiger partial charge in [-0.1, -0.05) is 18.2 Å². The SMILES string of the molecule is Cc1ccc(C(=O)Nc2ccc(Nc3ccccc3Br)nc2)cc1C. The Kier molecular flexibility index (Phi) is 5.14. The van der Waals surface area contributed by atoms with Crippen molar-refractivity contribution in [1.82, 2.24) is 4.98 Å². The second kappa shape index (κ2) is 7.49. The van der Waals surface area contributed by atoms with E-state index in [-0.39, 0.29) is 5.91 Å². The largest absolute Gasteiger partial charge is 0.339 e. The first kappa shape index (κ1) is 17.2. The number of amides is 1. The van der Waals surface area contributed by atoms with Crippen LogP contribution in [0, 0.1) is 13.8 Å². The second-order valence-electron chi connectivity index (χ2n) is 5.79. The number of aryl methyl sites for hydroxylation is 2. The van der Waals surface area contributed by atoms with Gasteiger partial charge < -0.3 is 10.6 Å². The number of rotatable bonds is 4. The van der Waals surface area contributed by atoms with Crippen molar-refractivity contribution in [3.05, 3.63) is 82.0 Å². The Bertz CT molecular complexity index is 907. The molecule has 0 fully saturated rings. The quantitative estimate of drug-likeness (QED) is 0.616. The highest BCUT2D eigenvalue weighted by Gasteiger charge is 2.08. The van der Waals surface area contributed by atoms with Gasteiger partial charge in [0, 0.05) is 10.0 Å². The number of pyridine rings is 1. The van der Waals surface area contributed by atoms with Crippen LogP contribution in [0.5, 0.6) is 0 Å². The number of para-hydroxylation sites is 1. The van der Waals surface area contributed by atoms with Gasteiger partial charge in [-0.3, -0.25) is 4.79 Å². The molecule has 0 spiro atoms. The monoisotopic (exact) mass is 395 g/mol. The summed E-state index contributed by atoms with van der Waals surface area (Å²) in [7, 11) is 0. The van der Waals surface area contributed by atoms with E-state index in [0.29, 0.717) is 17.1 Å². The van der Waals surface area contributed by atoms with E-state index in [9.17, 15) is 4.79 Å². The summed E-state index contributed by atoms with van der Waals surface area (Å²) in [5, 5.41) is 6.10. The van der Waals surface area contributed by atoms with Crippen LogP contribution in [0.25, 0.3) is 0 Å². The molecule has 2 N–H and O–H groups in total. The van der Waals surface area contributed by atoms with Crippen molar-refractivity contribution >= 4 is 39.0 Å². The molecule has 2 aromatic carbocycles. The lowest BCUT2D eigenvalue weighted by Gasteiger charge is -2.10. The number of carbonyl (C=O) groups is 1. The molecule has 0 aliphatic carbocycles. The standard InChI is InChI=1S/C20H18BrN3O/c1-13-7-8-15(11-14(13)2)20(25)23-16-9-10-19(22-12-16)24-18-6-4-3-5-17(18)21/h3-12H,1-2H3,(H,22,24)(H,23,25). The van der Waals surface area contributed by atoms with Crippen LogP contribution >= 0.6 is 15.9 Å². The molecule has 3 rings (SSSR count). The Morgan fingerprint density at radius 1 is 1.00 bits per heavy atom. The molecule has 3 aromatic rings. The van der Waals surface area contributed by atoms with Crippen molar-refractivity contribution in [1.29, 1.82) is 0 Å². The molecule has 4 nitrogen and oxygen atoms in total. The maximum Gasteiger partial charge on any atom is 0.255 e. The molecule has 25 heavy (non-hydrogen) atoms. The van der Waals surface area contributed by atoms with Crippen molar-refractivity contribution in [3.63, 3.8) is 0 Å². The summed E-state index contributed by atoms with van der Waals surface area (Å²) in [6.07, 6.45) is 1.64. The molecule has 126 valence electrons. The number of hydrogen-bond acceptors (Lipinski definition) is 3. The third-order valence-electron chi connectivity index (χ3n) is 3.93. The van der Waals surface area contributed by atoms with Gasteiger partial charge in [-0.25, -0.2) is 4.98 Å². The number of carbonyl (C=O) groups excluding carboxylic acids is 1. The summed E-state index contributed by atoms with van der Waals surface area (Å²) in [6.45, 7) is 4.02. The average Bonchev–Trinajstić information content (AvgIpc) is 2.61. The maximum atomic E-state index is 12.3. The number of hydrogen-bond donors (Lipinski definition) is 2. The average molecular weight is 396 g/mol. The summed E-state index contributed by atoms with van der Waals surface area (Å²) < 4.78 is 0.962. The van der Waals surface area contributed by atoms with E-state index >= 15 is 0 Å². The highest BCUT2D eigenvalue weighted by Crippen LogP contribution is 2.24. The lowest BCUT2D eigenvalue weighted by Crippen LogP contribution is -2.12. The Morgan fingerprint density at radius 2 is 1.80 bits per heavy atom. The van der Waals surface area contributed by atoms with E-state index in [0.717, 1.165) is 15.7 Å². The Hall–Kier alpha value is -2.66. The molecule has 0 unspecified atom stereocenters. The van der Waals surface area contributed by atoms with Gasteiger partial charge in [0.1, 0.15) is 5.82 Å². The first-order valence-corrected chi connectivity index (χ1v) is 8.68. The molecular weight excluding hydrogens is 378 g/mol. The van der Waals surface area contributed by atoms with E-state index in [1.165, 1.54) is 5.56 Å². The molecule has 0 radical (unpaired) electrons. The van der Waals surface area contributed by atoms with Gasteiger partial charge in [-0.2, -0.15) is 0 Å². The first-order chi connectivity index (χ1) is 12.0. The molecular formula is C20H18BrN3O. The number of nitrogens with one attached hydrogen (secondary N) is 2. The van der Waals surface area contributed by atoms with Crippen molar-refractivity contribution in [2.45, 2.75) is 13.8 Å². The molecule has 1 amide bonds. The topological polar surface area (TPSA) is 54.0 Å². The van der Waals surface area contributed by atoms with Gasteiger partial charge in [-0.15, -0.1) is 0 Å². The van der Waals surface area contributed by atoms with Crippen LogP contribution in [0.4, 0.5) is 17.2 Å². The zero-order valence-corrected chi connectivity index (χ0v) is 15.6. The molecule has 0 saturated carbocycles. The minimum atomic E-state index is -0.142. The number of nitrogens with zero attached hydrogens (tertiary/aromatic N) is 1. The summed E-state index contributed by atoms with van der Waals surface area (Å²) in [5.41, 5.74) is 4.49. The van der Waals surface area contributed by atoms with Crippen molar-refractivity contribution in [2.75, 3.05) is 10.6 Å². The van der Waals surface area contributed by atoms with Gasteiger partial charge in [-0.05, 0) is 77.3 Å². The van der Waals surface area contributed by atoms with Gasteiger partial charge in [0.25, 0.3) is 5.91 Å². The number of anilines is 3. The van der Waals surface area contributed by atoms with Crippen LogP contribution < -0.4 is 10.6 Å². The van der Waals surface area contributed by atoms with Gasteiger partial charge in [0.2, 0.25) is 0 Å². The summed E-state index contributed by atoms with van der Waals surface area (Å²) in [4.78, 5) is 16.7. The normalized spacial score (nSPS) is 10.4. The lowest BCUT2D eigenvalue weighted by atomic mass is 10.1. The third kappa shape index (κ3) is 4.25. The molecule has 0 atom stereocenters. The minimum absolute atomic E-state index is 0.142. The van der Waals surface area contributed by atoms with Crippen LogP contribution in [0.15, 0.2) is 65.3 Å². The number of benzene rings is 2. The van der Waals surface area contributed by atoms with E-state index in [2.05, 4.69) is 31.5 Å². The predicted octanol–water partition coefficient (Wildman–Crippen LogP) is 5.46. The first-order valence-electron chi connectivity index (χ1n) is 7.89. The fourth-order valence-corrected chi connectivity index (χ4v) is 2.71. The minimum Gasteiger partial charge on any atom is -0.339 e. The predicted molar refractivity (Wildman–Crippen MR) is 106 cm³/mol. The molecule has 0 aliphatic heterocycles. The van der Waals surface area contributed by atoms with Crippen LogP contribution in [-0.4, -0.2) is 10.9 Å². The molecule has 1 heterocycles. The maximum absolute atomic E-state index is 12.3. The van der Waals surface area contributed by atoms with E-state index in [1.807, 2.05) is 68.4 Å². The zero-order valence-electron chi connectivity index (χ0n) is 14.0. The van der Waals surface area contributed by atoms with Gasteiger partial charge in [0.05, 0.1) is 17.6 Å². The van der Waals surface area contributed by atoms with Crippen LogP contribution in [-0.2, 0) is 0 Å². The second-order valence-corrected chi connectivity index (χ2v) is 6.64. The zero-order chi connectivity index (χ0) is 17.8. The van der Waals surface area contributed by atoms with Crippen LogP contribution in [0.3, 0.4) is 0 Å². The Labute approximate surface area is 155 Å². The van der Waals surface area contributed by atoms with Gasteiger partial charge >= 0.3 is 0 Å². The lowest BCUT2D eigenvalue weighted by molar-refractivity contribution is 0.102. The van der Waals surface area contributed by atoms with E-state index in [1.54, 1.807) is 6.20 Å². The molecule has 0 aliphatic rings. The van der Waals surface area contributed by atoms with Crippen molar-refractivity contribution in [3.8, 4) is 0 Å².